The van der Waals surface area contributed by atoms with Gasteiger partial charge in [0.15, 0.2) is 5.96 Å². The minimum Gasteiger partial charge on any atom is -0.378 e. The van der Waals surface area contributed by atoms with E-state index in [-0.39, 0.29) is 36.0 Å². The average Bonchev–Trinajstić information content (AvgIpc) is 2.65. The zero-order chi connectivity index (χ0) is 20.1. The van der Waals surface area contributed by atoms with Crippen LogP contribution in [0, 0.1) is 5.92 Å². The van der Waals surface area contributed by atoms with Gasteiger partial charge in [-0.25, -0.2) is 4.99 Å². The van der Waals surface area contributed by atoms with Crippen molar-refractivity contribution in [1.82, 2.24) is 16.0 Å². The van der Waals surface area contributed by atoms with E-state index in [0.29, 0.717) is 24.6 Å². The van der Waals surface area contributed by atoms with Crippen LogP contribution in [0.25, 0.3) is 0 Å². The maximum absolute atomic E-state index is 12.0. The fraction of sp³-hybridized carbons (Fsp3) is 0.619. The van der Waals surface area contributed by atoms with Crippen LogP contribution in [0.1, 0.15) is 57.0 Å². The predicted octanol–water partition coefficient (Wildman–Crippen LogP) is 3.56. The monoisotopic (exact) mass is 504 g/mol. The normalized spacial score (nSPS) is 12.3. The highest BCUT2D eigenvalue weighted by Crippen LogP contribution is 2.10. The smallest absolute Gasteiger partial charge is 0.251 e. The lowest BCUT2D eigenvalue weighted by atomic mass is 10.0. The van der Waals surface area contributed by atoms with E-state index in [4.69, 9.17) is 4.74 Å². The van der Waals surface area contributed by atoms with Crippen molar-refractivity contribution >= 4 is 35.8 Å². The molecule has 0 heterocycles. The fourth-order valence-corrected chi connectivity index (χ4v) is 2.74. The quantitative estimate of drug-likeness (QED) is 0.245. The Kier molecular flexibility index (Phi) is 14.8. The van der Waals surface area contributed by atoms with Crippen molar-refractivity contribution in [2.75, 3.05) is 26.2 Å². The second-order valence-corrected chi connectivity index (χ2v) is 6.71. The topological polar surface area (TPSA) is 74.8 Å². The number of hydrogen-bond acceptors (Lipinski definition) is 3. The number of nitrogens with one attached hydrogen (secondary N) is 3. The van der Waals surface area contributed by atoms with Gasteiger partial charge in [0.25, 0.3) is 5.91 Å². The molecule has 1 amide bonds. The molecule has 7 heteroatoms. The molecule has 160 valence electrons. The Morgan fingerprint density at radius 2 is 1.82 bits per heavy atom. The van der Waals surface area contributed by atoms with Crippen LogP contribution in [-0.2, 0) is 11.3 Å². The van der Waals surface area contributed by atoms with Crippen LogP contribution < -0.4 is 16.0 Å². The summed E-state index contributed by atoms with van der Waals surface area (Å²) in [7, 11) is 0. The third kappa shape index (κ3) is 10.3. The molecule has 0 aliphatic rings. The highest BCUT2D eigenvalue weighted by Gasteiger charge is 2.13. The van der Waals surface area contributed by atoms with E-state index in [1.165, 1.54) is 0 Å². The summed E-state index contributed by atoms with van der Waals surface area (Å²) in [5.41, 5.74) is 1.67. The lowest BCUT2D eigenvalue weighted by Gasteiger charge is -2.21. The van der Waals surface area contributed by atoms with Gasteiger partial charge in [-0.05, 0) is 50.8 Å². The summed E-state index contributed by atoms with van der Waals surface area (Å²) in [6.45, 7) is 13.8. The lowest BCUT2D eigenvalue weighted by molar-refractivity contribution is 0.0258. The maximum Gasteiger partial charge on any atom is 0.251 e. The molecule has 1 unspecified atom stereocenters. The molecule has 0 fully saturated rings. The van der Waals surface area contributed by atoms with Crippen molar-refractivity contribution in [2.45, 2.75) is 53.7 Å². The molecule has 3 N–H and O–H groups in total. The highest BCUT2D eigenvalue weighted by atomic mass is 127. The molecule has 1 aromatic carbocycles. The molecule has 28 heavy (non-hydrogen) atoms. The van der Waals surface area contributed by atoms with Crippen LogP contribution in [0.15, 0.2) is 29.3 Å². The first kappa shape index (κ1) is 26.6. The van der Waals surface area contributed by atoms with E-state index in [0.717, 1.165) is 37.6 Å². The number of nitrogens with zero attached hydrogens (tertiary/aromatic N) is 1. The number of benzene rings is 1. The van der Waals surface area contributed by atoms with Gasteiger partial charge in [-0.15, -0.1) is 24.0 Å². The summed E-state index contributed by atoms with van der Waals surface area (Å²) >= 11 is 0. The van der Waals surface area contributed by atoms with E-state index in [9.17, 15) is 4.79 Å². The van der Waals surface area contributed by atoms with E-state index in [2.05, 4.69) is 34.8 Å². The van der Waals surface area contributed by atoms with Gasteiger partial charge >= 0.3 is 0 Å². The second-order valence-electron chi connectivity index (χ2n) is 6.71. The van der Waals surface area contributed by atoms with E-state index in [1.807, 2.05) is 45.0 Å². The Hall–Kier alpha value is -1.35. The molecule has 0 spiro atoms. The van der Waals surface area contributed by atoms with Gasteiger partial charge in [0.2, 0.25) is 0 Å². The number of aliphatic imine (C=N–C) groups is 1. The number of guanidine groups is 1. The number of rotatable bonds is 11. The van der Waals surface area contributed by atoms with Crippen molar-refractivity contribution in [1.29, 1.82) is 0 Å². The molecule has 6 nitrogen and oxygen atoms in total. The minimum atomic E-state index is -0.0518. The summed E-state index contributed by atoms with van der Waals surface area (Å²) in [6.07, 6.45) is 1.18. The number of hydrogen-bond donors (Lipinski definition) is 3. The first-order valence-corrected chi connectivity index (χ1v) is 10.0. The number of ether oxygens (including phenoxy) is 1. The number of carbonyl (C=O) groups excluding carboxylic acids is 1. The first-order valence-electron chi connectivity index (χ1n) is 10.0. The Morgan fingerprint density at radius 1 is 1.11 bits per heavy atom. The predicted molar refractivity (Wildman–Crippen MR) is 128 cm³/mol. The van der Waals surface area contributed by atoms with Crippen LogP contribution in [0.5, 0.6) is 0 Å². The molecular weight excluding hydrogens is 467 g/mol. The number of amides is 1. The van der Waals surface area contributed by atoms with Crippen LogP contribution in [0.4, 0.5) is 0 Å². The first-order chi connectivity index (χ1) is 13.0. The number of halogens is 1. The average molecular weight is 504 g/mol. The third-order valence-corrected chi connectivity index (χ3v) is 4.14. The highest BCUT2D eigenvalue weighted by molar-refractivity contribution is 14.0. The minimum absolute atomic E-state index is 0. The van der Waals surface area contributed by atoms with Crippen molar-refractivity contribution in [3.63, 3.8) is 0 Å². The second kappa shape index (κ2) is 15.6. The van der Waals surface area contributed by atoms with Crippen molar-refractivity contribution in [3.8, 4) is 0 Å². The molecule has 0 aliphatic heterocycles. The molecule has 0 bridgehead atoms. The third-order valence-electron chi connectivity index (χ3n) is 4.14. The Balaban J connectivity index is 0.00000729. The molecule has 1 aromatic rings. The maximum atomic E-state index is 12.0. The molecule has 1 atom stereocenters. The fourth-order valence-electron chi connectivity index (χ4n) is 2.74. The Bertz CT molecular complexity index is 594. The van der Waals surface area contributed by atoms with Gasteiger partial charge in [-0.2, -0.15) is 0 Å². The van der Waals surface area contributed by atoms with Crippen molar-refractivity contribution < 1.29 is 9.53 Å². The largest absolute Gasteiger partial charge is 0.378 e. The van der Waals surface area contributed by atoms with Crippen LogP contribution in [0.3, 0.4) is 0 Å². The Morgan fingerprint density at radius 3 is 2.43 bits per heavy atom. The molecule has 1 rings (SSSR count). The summed E-state index contributed by atoms with van der Waals surface area (Å²) in [5, 5.41) is 9.46. The van der Waals surface area contributed by atoms with Gasteiger partial charge in [0, 0.05) is 31.8 Å². The van der Waals surface area contributed by atoms with Gasteiger partial charge in [-0.1, -0.05) is 26.0 Å². The van der Waals surface area contributed by atoms with Gasteiger partial charge < -0.3 is 20.7 Å². The van der Waals surface area contributed by atoms with Gasteiger partial charge in [0.1, 0.15) is 0 Å². The summed E-state index contributed by atoms with van der Waals surface area (Å²) in [5.74, 6) is 1.22. The zero-order valence-corrected chi connectivity index (χ0v) is 20.2. The molecule has 0 aromatic heterocycles. The van der Waals surface area contributed by atoms with E-state index < -0.39 is 0 Å². The summed E-state index contributed by atoms with van der Waals surface area (Å²) in [6, 6.07) is 7.59. The van der Waals surface area contributed by atoms with Crippen molar-refractivity contribution in [2.24, 2.45) is 10.9 Å². The van der Waals surface area contributed by atoms with E-state index >= 15 is 0 Å². The standard InChI is InChI=1S/C21H36N4O2.HI/c1-6-22-20(26)18-11-9-10-17(14-18)15-25-21(23-7-2)24-13-12-19(16(4)5)27-8-3;/h9-11,14,16,19H,6-8,12-13,15H2,1-5H3,(H,22,26)(H2,23,24,25);1H. The summed E-state index contributed by atoms with van der Waals surface area (Å²) in [4.78, 5) is 16.6. The van der Waals surface area contributed by atoms with E-state index in [1.54, 1.807) is 0 Å². The molecule has 0 saturated carbocycles. The lowest BCUT2D eigenvalue weighted by Crippen LogP contribution is -2.39. The molecule has 0 saturated heterocycles. The SMILES string of the molecule is CCNC(=O)c1cccc(CN=C(NCC)NCCC(OCC)C(C)C)c1.I. The number of carbonyl (C=O) groups is 1. The van der Waals surface area contributed by atoms with Crippen molar-refractivity contribution in [3.05, 3.63) is 35.4 Å². The molecular formula is C21H37IN4O2. The zero-order valence-electron chi connectivity index (χ0n) is 17.9. The van der Waals surface area contributed by atoms with Crippen LogP contribution in [-0.4, -0.2) is 44.2 Å². The molecule has 0 aliphatic carbocycles. The van der Waals surface area contributed by atoms with Gasteiger partial charge in [0.05, 0.1) is 12.6 Å². The van der Waals surface area contributed by atoms with Crippen LogP contribution in [0.2, 0.25) is 0 Å². The Labute approximate surface area is 187 Å². The van der Waals surface area contributed by atoms with Gasteiger partial charge in [-0.3, -0.25) is 4.79 Å². The van der Waals surface area contributed by atoms with Crippen LogP contribution >= 0.6 is 24.0 Å². The molecule has 0 radical (unpaired) electrons. The summed E-state index contributed by atoms with van der Waals surface area (Å²) < 4.78 is 5.79.